The van der Waals surface area contributed by atoms with Crippen LogP contribution >= 0.6 is 0 Å². The summed E-state index contributed by atoms with van der Waals surface area (Å²) < 4.78 is 15.6. The van der Waals surface area contributed by atoms with Crippen LogP contribution in [0.5, 0.6) is 11.5 Å². The number of hydrogen-bond acceptors (Lipinski definition) is 8. The highest BCUT2D eigenvalue weighted by atomic mass is 16.6. The van der Waals surface area contributed by atoms with Crippen molar-refractivity contribution in [2.45, 2.75) is 72.1 Å². The maximum Gasteiger partial charge on any atom is 0.364 e. The van der Waals surface area contributed by atoms with Gasteiger partial charge in [-0.15, -0.1) is 0 Å². The van der Waals surface area contributed by atoms with Gasteiger partial charge in [0.1, 0.15) is 0 Å². The van der Waals surface area contributed by atoms with Crippen molar-refractivity contribution < 1.29 is 38.5 Å². The molecule has 0 bridgehead atoms. The van der Waals surface area contributed by atoms with E-state index in [1.807, 2.05) is 6.92 Å². The molecule has 30 heavy (non-hydrogen) atoms. The summed E-state index contributed by atoms with van der Waals surface area (Å²) in [6.45, 7) is 7.98. The smallest absolute Gasteiger partial charge is 0.364 e. The fourth-order valence-corrected chi connectivity index (χ4v) is 2.55. The average Bonchev–Trinajstić information content (AvgIpc) is 2.68. The van der Waals surface area contributed by atoms with Crippen molar-refractivity contribution in [1.29, 1.82) is 0 Å². The molecule has 2 N–H and O–H groups in total. The molecule has 0 amide bonds. The summed E-state index contributed by atoms with van der Waals surface area (Å²) in [4.78, 5) is 47.2. The zero-order valence-corrected chi connectivity index (χ0v) is 17.9. The molecule has 0 saturated carbocycles. The van der Waals surface area contributed by atoms with E-state index in [-0.39, 0.29) is 36.8 Å². The summed E-state index contributed by atoms with van der Waals surface area (Å²) in [5.41, 5.74) is -1.63. The molecule has 0 aromatic heterocycles. The Balaban J connectivity index is 3.38. The molecule has 0 aliphatic carbocycles. The van der Waals surface area contributed by atoms with Crippen LogP contribution in [0.25, 0.3) is 0 Å². The van der Waals surface area contributed by atoms with Crippen LogP contribution in [-0.2, 0) is 30.3 Å². The second kappa shape index (κ2) is 11.3. The Hall–Kier alpha value is -2.94. The van der Waals surface area contributed by atoms with E-state index >= 15 is 0 Å². The number of benzene rings is 1. The SMILES string of the molecule is CCC(=O)Oc1ccc(C[C@](NC(C)CC)(OC(C)=O)C(=O)O)cc1OC(=O)CC. The summed E-state index contributed by atoms with van der Waals surface area (Å²) in [6.07, 6.45) is 0.566. The first-order chi connectivity index (χ1) is 14.1. The van der Waals surface area contributed by atoms with Crippen LogP contribution in [0.3, 0.4) is 0 Å². The molecule has 0 radical (unpaired) electrons. The third-order valence-electron chi connectivity index (χ3n) is 4.24. The fourth-order valence-electron chi connectivity index (χ4n) is 2.55. The van der Waals surface area contributed by atoms with Crippen LogP contribution in [-0.4, -0.2) is 40.8 Å². The lowest BCUT2D eigenvalue weighted by molar-refractivity contribution is -0.183. The molecule has 0 spiro atoms. The third kappa shape index (κ3) is 7.14. The van der Waals surface area contributed by atoms with E-state index in [0.29, 0.717) is 12.0 Å². The maximum absolute atomic E-state index is 12.1. The molecule has 1 rings (SSSR count). The monoisotopic (exact) mass is 423 g/mol. The Morgan fingerprint density at radius 2 is 1.60 bits per heavy atom. The molecule has 0 heterocycles. The lowest BCUT2D eigenvalue weighted by atomic mass is 10.00. The van der Waals surface area contributed by atoms with Crippen LogP contribution < -0.4 is 14.8 Å². The first-order valence-electron chi connectivity index (χ1n) is 9.81. The number of esters is 3. The van der Waals surface area contributed by atoms with Gasteiger partial charge in [-0.25, -0.2) is 4.79 Å². The topological polar surface area (TPSA) is 128 Å². The quantitative estimate of drug-likeness (QED) is 0.313. The van der Waals surface area contributed by atoms with Gasteiger partial charge in [0.25, 0.3) is 5.72 Å². The third-order valence-corrected chi connectivity index (χ3v) is 4.24. The number of nitrogens with one attached hydrogen (secondary N) is 1. The lowest BCUT2D eigenvalue weighted by Crippen LogP contribution is -2.59. The van der Waals surface area contributed by atoms with E-state index in [2.05, 4.69) is 5.32 Å². The Morgan fingerprint density at radius 1 is 1.03 bits per heavy atom. The summed E-state index contributed by atoms with van der Waals surface area (Å²) in [5.74, 6) is -3.19. The minimum absolute atomic E-state index is 0.0215. The van der Waals surface area contributed by atoms with Crippen LogP contribution in [0.15, 0.2) is 18.2 Å². The van der Waals surface area contributed by atoms with Crippen molar-refractivity contribution in [2.24, 2.45) is 0 Å². The summed E-state index contributed by atoms with van der Waals surface area (Å²) in [5, 5.41) is 12.7. The van der Waals surface area contributed by atoms with Crippen LogP contribution in [0.4, 0.5) is 0 Å². The largest absolute Gasteiger partial charge is 0.477 e. The molecule has 2 atom stereocenters. The normalized spacial score (nSPS) is 13.6. The standard InChI is InChI=1S/C21H29NO8/c1-6-13(4)22-21(20(26)27,30-14(5)23)12-15-9-10-16(28-18(24)7-2)17(11-15)29-19(25)8-3/h9-11,13,22H,6-8,12H2,1-5H3,(H,26,27)/t13?,21-/m0/s1. The summed E-state index contributed by atoms with van der Waals surface area (Å²) >= 11 is 0. The van der Waals surface area contributed by atoms with Crippen molar-refractivity contribution in [3.8, 4) is 11.5 Å². The van der Waals surface area contributed by atoms with Crippen molar-refractivity contribution in [2.75, 3.05) is 0 Å². The number of ether oxygens (including phenoxy) is 3. The fraction of sp³-hybridized carbons (Fsp3) is 0.524. The van der Waals surface area contributed by atoms with E-state index in [1.165, 1.54) is 18.2 Å². The molecule has 1 aromatic rings. The lowest BCUT2D eigenvalue weighted by Gasteiger charge is -2.32. The Labute approximate surface area is 175 Å². The number of carboxylic acid groups (broad SMARTS) is 1. The minimum Gasteiger partial charge on any atom is -0.477 e. The van der Waals surface area contributed by atoms with Crippen molar-refractivity contribution in [3.63, 3.8) is 0 Å². The molecule has 0 aliphatic rings. The molecule has 0 fully saturated rings. The molecule has 9 heteroatoms. The number of carbonyl (C=O) groups is 4. The maximum atomic E-state index is 12.1. The molecular weight excluding hydrogens is 394 g/mol. The van der Waals surface area contributed by atoms with Gasteiger partial charge in [0, 0.05) is 32.2 Å². The molecule has 0 saturated heterocycles. The highest BCUT2D eigenvalue weighted by Crippen LogP contribution is 2.31. The zero-order valence-electron chi connectivity index (χ0n) is 17.9. The van der Waals surface area contributed by atoms with E-state index in [0.717, 1.165) is 6.92 Å². The van der Waals surface area contributed by atoms with Gasteiger partial charge in [0.05, 0.1) is 0 Å². The van der Waals surface area contributed by atoms with Crippen LogP contribution in [0, 0.1) is 0 Å². The number of rotatable bonds is 11. The van der Waals surface area contributed by atoms with Crippen LogP contribution in [0.2, 0.25) is 0 Å². The van der Waals surface area contributed by atoms with Gasteiger partial charge in [-0.3, -0.25) is 19.7 Å². The van der Waals surface area contributed by atoms with Gasteiger partial charge in [-0.2, -0.15) is 0 Å². The van der Waals surface area contributed by atoms with Crippen molar-refractivity contribution in [1.82, 2.24) is 5.32 Å². The second-order valence-corrected chi connectivity index (χ2v) is 6.79. The van der Waals surface area contributed by atoms with Crippen LogP contribution in [0.1, 0.15) is 59.4 Å². The van der Waals surface area contributed by atoms with Gasteiger partial charge in [0.15, 0.2) is 11.5 Å². The van der Waals surface area contributed by atoms with Gasteiger partial charge in [-0.05, 0) is 31.0 Å². The Bertz CT molecular complexity index is 791. The molecule has 0 aliphatic heterocycles. The summed E-state index contributed by atoms with van der Waals surface area (Å²) in [7, 11) is 0. The number of carbonyl (C=O) groups excluding carboxylic acids is 3. The molecular formula is C21H29NO8. The first-order valence-corrected chi connectivity index (χ1v) is 9.81. The predicted molar refractivity (Wildman–Crippen MR) is 107 cm³/mol. The van der Waals surface area contributed by atoms with E-state index in [4.69, 9.17) is 14.2 Å². The van der Waals surface area contributed by atoms with E-state index < -0.39 is 29.6 Å². The highest BCUT2D eigenvalue weighted by Gasteiger charge is 2.43. The Kier molecular flexibility index (Phi) is 9.45. The van der Waals surface area contributed by atoms with Gasteiger partial charge >= 0.3 is 23.9 Å². The predicted octanol–water partition coefficient (Wildman–Crippen LogP) is 2.59. The number of aliphatic carboxylic acids is 1. The molecule has 9 nitrogen and oxygen atoms in total. The zero-order chi connectivity index (χ0) is 22.9. The molecule has 1 aromatic carbocycles. The van der Waals surface area contributed by atoms with Crippen molar-refractivity contribution >= 4 is 23.9 Å². The molecule has 1 unspecified atom stereocenters. The molecule has 166 valence electrons. The first kappa shape index (κ1) is 25.1. The number of carboxylic acids is 1. The van der Waals surface area contributed by atoms with Gasteiger partial charge < -0.3 is 19.3 Å². The van der Waals surface area contributed by atoms with E-state index in [1.54, 1.807) is 20.8 Å². The van der Waals surface area contributed by atoms with E-state index in [9.17, 15) is 24.3 Å². The second-order valence-electron chi connectivity index (χ2n) is 6.79. The summed E-state index contributed by atoms with van der Waals surface area (Å²) in [6, 6.07) is 4.06. The highest BCUT2D eigenvalue weighted by molar-refractivity contribution is 5.81. The average molecular weight is 423 g/mol. The Morgan fingerprint density at radius 3 is 2.07 bits per heavy atom. The number of hydrogen-bond donors (Lipinski definition) is 2. The minimum atomic E-state index is -2.02. The van der Waals surface area contributed by atoms with Crippen molar-refractivity contribution in [3.05, 3.63) is 23.8 Å². The van der Waals surface area contributed by atoms with Gasteiger partial charge in [0.2, 0.25) is 0 Å². The van der Waals surface area contributed by atoms with Gasteiger partial charge in [-0.1, -0.05) is 26.8 Å².